The molecule has 1 amide bonds. The van der Waals surface area contributed by atoms with E-state index in [2.05, 4.69) is 12.2 Å². The SMILES string of the molecule is CC(NC(=O)/C=C/c1ccc(C2CC2C)o1)c1ccc(S(C)(=O)=O)cc1. The third-order valence-electron chi connectivity index (χ3n) is 4.69. The smallest absolute Gasteiger partial charge is 0.244 e. The maximum Gasteiger partial charge on any atom is 0.244 e. The number of sulfone groups is 1. The average molecular weight is 373 g/mol. The van der Waals surface area contributed by atoms with E-state index in [4.69, 9.17) is 4.42 Å². The van der Waals surface area contributed by atoms with Crippen molar-refractivity contribution in [2.75, 3.05) is 6.26 Å². The highest BCUT2D eigenvalue weighted by atomic mass is 32.2. The maximum atomic E-state index is 12.1. The first kappa shape index (κ1) is 18.5. The van der Waals surface area contributed by atoms with Crippen molar-refractivity contribution in [1.29, 1.82) is 0 Å². The second-order valence-electron chi connectivity index (χ2n) is 6.96. The molecule has 0 aliphatic heterocycles. The van der Waals surface area contributed by atoms with Crippen LogP contribution in [0.2, 0.25) is 0 Å². The summed E-state index contributed by atoms with van der Waals surface area (Å²) in [6, 6.07) is 10.1. The van der Waals surface area contributed by atoms with Gasteiger partial charge in [-0.05, 0) is 55.2 Å². The van der Waals surface area contributed by atoms with Crippen LogP contribution in [-0.4, -0.2) is 20.6 Å². The van der Waals surface area contributed by atoms with Gasteiger partial charge in [0.05, 0.1) is 10.9 Å². The molecule has 5 nitrogen and oxygen atoms in total. The molecule has 138 valence electrons. The number of rotatable bonds is 6. The van der Waals surface area contributed by atoms with Crippen molar-refractivity contribution in [1.82, 2.24) is 5.32 Å². The van der Waals surface area contributed by atoms with Crippen LogP contribution < -0.4 is 5.32 Å². The molecule has 3 rings (SSSR count). The summed E-state index contributed by atoms with van der Waals surface area (Å²) in [6.07, 6.45) is 5.43. The molecule has 1 aliphatic rings. The number of carbonyl (C=O) groups is 1. The third-order valence-corrected chi connectivity index (χ3v) is 5.82. The summed E-state index contributed by atoms with van der Waals surface area (Å²) in [5.41, 5.74) is 0.835. The van der Waals surface area contributed by atoms with Crippen LogP contribution in [0.1, 0.15) is 49.3 Å². The van der Waals surface area contributed by atoms with Gasteiger partial charge in [-0.3, -0.25) is 4.79 Å². The number of hydrogen-bond donors (Lipinski definition) is 1. The Balaban J connectivity index is 1.57. The molecule has 1 N–H and O–H groups in total. The molecule has 26 heavy (non-hydrogen) atoms. The minimum atomic E-state index is -3.22. The molecule has 0 bridgehead atoms. The van der Waals surface area contributed by atoms with Gasteiger partial charge in [0.1, 0.15) is 11.5 Å². The predicted octanol–water partition coefficient (Wildman–Crippen LogP) is 3.70. The van der Waals surface area contributed by atoms with E-state index in [1.807, 2.05) is 19.1 Å². The summed E-state index contributed by atoms with van der Waals surface area (Å²) in [5, 5.41) is 2.86. The first-order chi connectivity index (χ1) is 12.2. The molecule has 0 spiro atoms. The van der Waals surface area contributed by atoms with Crippen molar-refractivity contribution in [2.45, 2.75) is 37.1 Å². The fraction of sp³-hybridized carbons (Fsp3) is 0.350. The van der Waals surface area contributed by atoms with Crippen molar-refractivity contribution in [3.05, 3.63) is 59.6 Å². The van der Waals surface area contributed by atoms with Crippen LogP contribution in [-0.2, 0) is 14.6 Å². The van der Waals surface area contributed by atoms with Gasteiger partial charge in [0.15, 0.2) is 9.84 Å². The highest BCUT2D eigenvalue weighted by molar-refractivity contribution is 7.90. The zero-order chi connectivity index (χ0) is 18.9. The Kier molecular flexibility index (Phi) is 5.05. The van der Waals surface area contributed by atoms with Crippen LogP contribution in [0.5, 0.6) is 0 Å². The highest BCUT2D eigenvalue weighted by Crippen LogP contribution is 2.47. The third kappa shape index (κ3) is 4.43. The Bertz CT molecular complexity index is 925. The summed E-state index contributed by atoms with van der Waals surface area (Å²) < 4.78 is 28.7. The lowest BCUT2D eigenvalue weighted by Gasteiger charge is -2.13. The average Bonchev–Trinajstić information content (AvgIpc) is 3.13. The first-order valence-corrected chi connectivity index (χ1v) is 10.5. The van der Waals surface area contributed by atoms with Gasteiger partial charge in [-0.1, -0.05) is 19.1 Å². The molecular weight excluding hydrogens is 350 g/mol. The van der Waals surface area contributed by atoms with Crippen LogP contribution in [0.15, 0.2) is 51.8 Å². The van der Waals surface area contributed by atoms with Gasteiger partial charge in [-0.15, -0.1) is 0 Å². The number of benzene rings is 1. The van der Waals surface area contributed by atoms with E-state index in [-0.39, 0.29) is 16.8 Å². The summed E-state index contributed by atoms with van der Waals surface area (Å²) in [4.78, 5) is 12.4. The van der Waals surface area contributed by atoms with E-state index in [0.29, 0.717) is 17.6 Å². The van der Waals surface area contributed by atoms with Crippen LogP contribution >= 0.6 is 0 Å². The van der Waals surface area contributed by atoms with Gasteiger partial charge in [0.25, 0.3) is 0 Å². The number of nitrogens with one attached hydrogen (secondary N) is 1. The summed E-state index contributed by atoms with van der Waals surface area (Å²) >= 11 is 0. The highest BCUT2D eigenvalue weighted by Gasteiger charge is 2.36. The zero-order valence-electron chi connectivity index (χ0n) is 15.1. The Morgan fingerprint density at radius 1 is 1.23 bits per heavy atom. The molecule has 1 aromatic carbocycles. The van der Waals surface area contributed by atoms with E-state index in [0.717, 1.165) is 17.7 Å². The van der Waals surface area contributed by atoms with E-state index in [9.17, 15) is 13.2 Å². The minimum absolute atomic E-state index is 0.234. The second-order valence-corrected chi connectivity index (χ2v) is 8.98. The van der Waals surface area contributed by atoms with Gasteiger partial charge in [-0.25, -0.2) is 8.42 Å². The van der Waals surface area contributed by atoms with Crippen LogP contribution in [0.3, 0.4) is 0 Å². The van der Waals surface area contributed by atoms with Crippen molar-refractivity contribution in [2.24, 2.45) is 5.92 Å². The Morgan fingerprint density at radius 2 is 1.88 bits per heavy atom. The van der Waals surface area contributed by atoms with Gasteiger partial charge in [-0.2, -0.15) is 0 Å². The number of furan rings is 1. The lowest BCUT2D eigenvalue weighted by Crippen LogP contribution is -2.24. The number of amides is 1. The van der Waals surface area contributed by atoms with Gasteiger partial charge in [0.2, 0.25) is 5.91 Å². The van der Waals surface area contributed by atoms with E-state index in [1.54, 1.807) is 30.3 Å². The zero-order valence-corrected chi connectivity index (χ0v) is 15.9. The Labute approximate surface area is 154 Å². The standard InChI is InChI=1S/C20H23NO4S/c1-13-12-18(13)19-10-6-16(25-19)7-11-20(22)21-14(2)15-4-8-17(9-5-15)26(3,23)24/h4-11,13-14,18H,12H2,1-3H3,(H,21,22)/b11-7+. The van der Waals surface area contributed by atoms with Gasteiger partial charge in [0, 0.05) is 18.2 Å². The van der Waals surface area contributed by atoms with Gasteiger partial charge >= 0.3 is 0 Å². The first-order valence-electron chi connectivity index (χ1n) is 8.62. The number of carbonyl (C=O) groups excluding carboxylic acids is 1. The summed E-state index contributed by atoms with van der Waals surface area (Å²) in [7, 11) is -3.22. The van der Waals surface area contributed by atoms with Crippen molar-refractivity contribution in [3.63, 3.8) is 0 Å². The fourth-order valence-corrected chi connectivity index (χ4v) is 3.51. The van der Waals surface area contributed by atoms with Crippen molar-refractivity contribution in [3.8, 4) is 0 Å². The van der Waals surface area contributed by atoms with E-state index in [1.165, 1.54) is 12.3 Å². The molecule has 1 aromatic heterocycles. The van der Waals surface area contributed by atoms with Gasteiger partial charge < -0.3 is 9.73 Å². The van der Waals surface area contributed by atoms with Crippen LogP contribution in [0, 0.1) is 5.92 Å². The molecule has 0 radical (unpaired) electrons. The number of hydrogen-bond acceptors (Lipinski definition) is 4. The molecule has 0 saturated heterocycles. The molecule has 1 aliphatic carbocycles. The molecule has 2 aromatic rings. The molecule has 1 fully saturated rings. The second kappa shape index (κ2) is 7.11. The van der Waals surface area contributed by atoms with Crippen LogP contribution in [0.4, 0.5) is 0 Å². The van der Waals surface area contributed by atoms with Crippen molar-refractivity contribution < 1.29 is 17.6 Å². The molecule has 1 heterocycles. The Morgan fingerprint density at radius 3 is 2.46 bits per heavy atom. The van der Waals surface area contributed by atoms with E-state index >= 15 is 0 Å². The quantitative estimate of drug-likeness (QED) is 0.784. The molecule has 6 heteroatoms. The van der Waals surface area contributed by atoms with E-state index < -0.39 is 9.84 Å². The fourth-order valence-electron chi connectivity index (χ4n) is 2.88. The lowest BCUT2D eigenvalue weighted by atomic mass is 10.1. The Hall–Kier alpha value is -2.34. The topological polar surface area (TPSA) is 76.4 Å². The molecule has 1 saturated carbocycles. The largest absolute Gasteiger partial charge is 0.461 e. The monoisotopic (exact) mass is 373 g/mol. The normalized spacial score (nSPS) is 20.9. The maximum absolute atomic E-state index is 12.1. The molecule has 3 atom stereocenters. The molecule has 3 unspecified atom stereocenters. The molecular formula is C20H23NO4S. The van der Waals surface area contributed by atoms with Crippen molar-refractivity contribution >= 4 is 21.8 Å². The van der Waals surface area contributed by atoms with Crippen LogP contribution in [0.25, 0.3) is 6.08 Å². The lowest BCUT2D eigenvalue weighted by molar-refractivity contribution is -0.117. The predicted molar refractivity (Wildman–Crippen MR) is 100 cm³/mol. The summed E-state index contributed by atoms with van der Waals surface area (Å²) in [6.45, 7) is 4.04. The summed E-state index contributed by atoms with van der Waals surface area (Å²) in [5.74, 6) is 2.61. The minimum Gasteiger partial charge on any atom is -0.461 e.